The lowest BCUT2D eigenvalue weighted by Gasteiger charge is -2.28. The van der Waals surface area contributed by atoms with E-state index in [1.165, 1.54) is 61.3 Å². The normalized spacial score (nSPS) is 19.0. The van der Waals surface area contributed by atoms with Gasteiger partial charge in [0.05, 0.1) is 0 Å². The van der Waals surface area contributed by atoms with E-state index in [1.807, 2.05) is 11.8 Å². The molecule has 3 nitrogen and oxygen atoms in total. The summed E-state index contributed by atoms with van der Waals surface area (Å²) in [6.45, 7) is 2.93. The first kappa shape index (κ1) is 18.6. The molecule has 1 heterocycles. The van der Waals surface area contributed by atoms with Crippen molar-refractivity contribution in [3.8, 4) is 0 Å². The average Bonchev–Trinajstić information content (AvgIpc) is 2.68. The lowest BCUT2D eigenvalue weighted by molar-refractivity contribution is -0.121. The van der Waals surface area contributed by atoms with Crippen molar-refractivity contribution in [3.63, 3.8) is 0 Å². The zero-order valence-electron chi connectivity index (χ0n) is 15.3. The average molecular weight is 361 g/mol. The van der Waals surface area contributed by atoms with E-state index < -0.39 is 0 Å². The standard InChI is InChI=1S/C21H32N2OS/c24-21(8-4-7-18-5-2-1-3-6-18)22-17-19-9-11-20(12-10-19)23-13-15-25-16-14-23/h9-12,18H,1-8,13-17H2,(H,22,24). The molecule has 1 N–H and O–H groups in total. The van der Waals surface area contributed by atoms with E-state index in [9.17, 15) is 4.79 Å². The Morgan fingerprint density at radius 2 is 1.80 bits per heavy atom. The largest absolute Gasteiger partial charge is 0.370 e. The summed E-state index contributed by atoms with van der Waals surface area (Å²) in [4.78, 5) is 14.5. The summed E-state index contributed by atoms with van der Waals surface area (Å²) < 4.78 is 0. The molecule has 0 spiro atoms. The van der Waals surface area contributed by atoms with E-state index in [2.05, 4.69) is 34.5 Å². The molecule has 0 bridgehead atoms. The Labute approximate surface area is 156 Å². The van der Waals surface area contributed by atoms with Gasteiger partial charge >= 0.3 is 0 Å². The van der Waals surface area contributed by atoms with Gasteiger partial charge in [0, 0.05) is 43.2 Å². The summed E-state index contributed by atoms with van der Waals surface area (Å²) in [6.07, 6.45) is 9.91. The number of rotatable bonds is 7. The number of nitrogens with zero attached hydrogens (tertiary/aromatic N) is 1. The van der Waals surface area contributed by atoms with Crippen molar-refractivity contribution in [2.75, 3.05) is 29.5 Å². The Balaban J connectivity index is 1.34. The van der Waals surface area contributed by atoms with Crippen LogP contribution in [0.3, 0.4) is 0 Å². The van der Waals surface area contributed by atoms with Gasteiger partial charge in [-0.05, 0) is 36.5 Å². The molecule has 0 radical (unpaired) electrons. The molecule has 1 amide bonds. The zero-order valence-corrected chi connectivity index (χ0v) is 16.2. The molecule has 138 valence electrons. The molecule has 3 rings (SSSR count). The molecule has 2 aliphatic rings. The minimum Gasteiger partial charge on any atom is -0.370 e. The van der Waals surface area contributed by atoms with Crippen LogP contribution in [-0.4, -0.2) is 30.5 Å². The molecule has 1 aromatic rings. The fraction of sp³-hybridized carbons (Fsp3) is 0.667. The summed E-state index contributed by atoms with van der Waals surface area (Å²) in [7, 11) is 0. The van der Waals surface area contributed by atoms with Crippen molar-refractivity contribution in [2.24, 2.45) is 5.92 Å². The lowest BCUT2D eigenvalue weighted by Crippen LogP contribution is -2.32. The third-order valence-corrected chi connectivity index (χ3v) is 6.49. The number of hydrogen-bond acceptors (Lipinski definition) is 3. The molecule has 1 saturated heterocycles. The van der Waals surface area contributed by atoms with Gasteiger partial charge in [0.1, 0.15) is 0 Å². The van der Waals surface area contributed by atoms with Gasteiger partial charge in [-0.1, -0.05) is 44.2 Å². The highest BCUT2D eigenvalue weighted by atomic mass is 32.2. The Morgan fingerprint density at radius 1 is 1.08 bits per heavy atom. The molecule has 1 aromatic carbocycles. The Morgan fingerprint density at radius 3 is 2.52 bits per heavy atom. The first-order valence-electron chi connectivity index (χ1n) is 9.99. The van der Waals surface area contributed by atoms with Crippen molar-refractivity contribution >= 4 is 23.4 Å². The monoisotopic (exact) mass is 360 g/mol. The maximum atomic E-state index is 12.1. The number of amides is 1. The highest BCUT2D eigenvalue weighted by Gasteiger charge is 2.14. The fourth-order valence-corrected chi connectivity index (χ4v) is 4.87. The van der Waals surface area contributed by atoms with Crippen LogP contribution in [0.15, 0.2) is 24.3 Å². The number of hydrogen-bond donors (Lipinski definition) is 1. The molecule has 0 aromatic heterocycles. The minimum absolute atomic E-state index is 0.202. The van der Waals surface area contributed by atoms with E-state index >= 15 is 0 Å². The van der Waals surface area contributed by atoms with Crippen LogP contribution in [0, 0.1) is 5.92 Å². The topological polar surface area (TPSA) is 32.3 Å². The van der Waals surface area contributed by atoms with Crippen molar-refractivity contribution in [1.29, 1.82) is 0 Å². The molecule has 2 fully saturated rings. The highest BCUT2D eigenvalue weighted by Crippen LogP contribution is 2.27. The molecule has 25 heavy (non-hydrogen) atoms. The van der Waals surface area contributed by atoms with E-state index in [4.69, 9.17) is 0 Å². The van der Waals surface area contributed by atoms with Gasteiger partial charge in [0.15, 0.2) is 0 Å². The summed E-state index contributed by atoms with van der Waals surface area (Å²) in [5.41, 5.74) is 2.50. The number of nitrogens with one attached hydrogen (secondary N) is 1. The predicted octanol–water partition coefficient (Wildman–Crippen LogP) is 4.61. The second-order valence-corrected chi connectivity index (χ2v) is 8.66. The quantitative estimate of drug-likeness (QED) is 0.771. The summed E-state index contributed by atoms with van der Waals surface area (Å²) in [6, 6.07) is 8.69. The van der Waals surface area contributed by atoms with E-state index in [0.717, 1.165) is 25.4 Å². The molecule has 1 aliphatic carbocycles. The van der Waals surface area contributed by atoms with Crippen LogP contribution in [0.2, 0.25) is 0 Å². The lowest BCUT2D eigenvalue weighted by atomic mass is 9.86. The first-order valence-corrected chi connectivity index (χ1v) is 11.1. The smallest absolute Gasteiger partial charge is 0.220 e. The van der Waals surface area contributed by atoms with Crippen molar-refractivity contribution in [1.82, 2.24) is 5.32 Å². The minimum atomic E-state index is 0.202. The van der Waals surface area contributed by atoms with Crippen LogP contribution in [0.25, 0.3) is 0 Å². The Bertz CT molecular complexity index is 519. The number of carbonyl (C=O) groups excluding carboxylic acids is 1. The van der Waals surface area contributed by atoms with Crippen LogP contribution in [0.5, 0.6) is 0 Å². The van der Waals surface area contributed by atoms with Crippen LogP contribution in [-0.2, 0) is 11.3 Å². The third-order valence-electron chi connectivity index (χ3n) is 5.54. The van der Waals surface area contributed by atoms with Gasteiger partial charge < -0.3 is 10.2 Å². The summed E-state index contributed by atoms with van der Waals surface area (Å²) in [5, 5.41) is 3.08. The van der Waals surface area contributed by atoms with Crippen molar-refractivity contribution in [3.05, 3.63) is 29.8 Å². The second-order valence-electron chi connectivity index (χ2n) is 7.44. The van der Waals surface area contributed by atoms with Gasteiger partial charge in [-0.2, -0.15) is 11.8 Å². The number of thioether (sulfide) groups is 1. The molecular weight excluding hydrogens is 328 g/mol. The van der Waals surface area contributed by atoms with Gasteiger partial charge in [-0.3, -0.25) is 4.79 Å². The number of anilines is 1. The van der Waals surface area contributed by atoms with Gasteiger partial charge in [0.25, 0.3) is 0 Å². The summed E-state index contributed by atoms with van der Waals surface area (Å²) >= 11 is 2.03. The van der Waals surface area contributed by atoms with Crippen LogP contribution >= 0.6 is 11.8 Å². The third kappa shape index (κ3) is 6.25. The van der Waals surface area contributed by atoms with E-state index in [-0.39, 0.29) is 5.91 Å². The number of carbonyl (C=O) groups is 1. The van der Waals surface area contributed by atoms with Crippen LogP contribution < -0.4 is 10.2 Å². The Hall–Kier alpha value is -1.16. The Kier molecular flexibility index (Phi) is 7.53. The maximum absolute atomic E-state index is 12.1. The molecule has 1 aliphatic heterocycles. The predicted molar refractivity (Wildman–Crippen MR) is 108 cm³/mol. The van der Waals surface area contributed by atoms with Gasteiger partial charge in [-0.15, -0.1) is 0 Å². The van der Waals surface area contributed by atoms with E-state index in [0.29, 0.717) is 13.0 Å². The zero-order chi connectivity index (χ0) is 17.3. The van der Waals surface area contributed by atoms with Crippen LogP contribution in [0.1, 0.15) is 56.9 Å². The highest BCUT2D eigenvalue weighted by molar-refractivity contribution is 7.99. The SMILES string of the molecule is O=C(CCCC1CCCCC1)NCc1ccc(N2CCSCC2)cc1. The molecular formula is C21H32N2OS. The molecule has 0 atom stereocenters. The van der Waals surface area contributed by atoms with E-state index in [1.54, 1.807) is 0 Å². The maximum Gasteiger partial charge on any atom is 0.220 e. The molecule has 0 unspecified atom stereocenters. The molecule has 4 heteroatoms. The van der Waals surface area contributed by atoms with Gasteiger partial charge in [-0.25, -0.2) is 0 Å². The van der Waals surface area contributed by atoms with Crippen molar-refractivity contribution < 1.29 is 4.79 Å². The van der Waals surface area contributed by atoms with Gasteiger partial charge in [0.2, 0.25) is 5.91 Å². The number of benzene rings is 1. The second kappa shape index (κ2) is 10.1. The van der Waals surface area contributed by atoms with Crippen LogP contribution in [0.4, 0.5) is 5.69 Å². The molecule has 1 saturated carbocycles. The summed E-state index contributed by atoms with van der Waals surface area (Å²) in [5.74, 6) is 3.52. The van der Waals surface area contributed by atoms with Crippen molar-refractivity contribution in [2.45, 2.75) is 57.9 Å². The first-order chi connectivity index (χ1) is 12.3. The fourth-order valence-electron chi connectivity index (χ4n) is 3.96.